The van der Waals surface area contributed by atoms with Crippen LogP contribution in [-0.4, -0.2) is 16.1 Å². The first-order valence-electron chi connectivity index (χ1n) is 5.13. The van der Waals surface area contributed by atoms with Gasteiger partial charge in [0, 0.05) is 18.1 Å². The summed E-state index contributed by atoms with van der Waals surface area (Å²) < 4.78 is 3.06. The van der Waals surface area contributed by atoms with E-state index < -0.39 is 0 Å². The number of benzene rings is 1. The second kappa shape index (κ2) is 4.80. The molecule has 0 aliphatic rings. The summed E-state index contributed by atoms with van der Waals surface area (Å²) in [4.78, 5) is 4.56. The van der Waals surface area contributed by atoms with Gasteiger partial charge in [0.1, 0.15) is 5.82 Å². The first kappa shape index (κ1) is 11.4. The van der Waals surface area contributed by atoms with Crippen LogP contribution in [0.1, 0.15) is 5.82 Å². The van der Waals surface area contributed by atoms with Crippen molar-refractivity contribution < 1.29 is 0 Å². The van der Waals surface area contributed by atoms with Gasteiger partial charge in [0.25, 0.3) is 0 Å². The fourth-order valence-corrected chi connectivity index (χ4v) is 1.86. The third-order valence-corrected chi connectivity index (χ3v) is 2.76. The molecule has 84 valence electrons. The number of aromatic nitrogens is 2. The number of nitrogens with zero attached hydrogens (tertiary/aromatic N) is 2. The van der Waals surface area contributed by atoms with E-state index in [1.54, 1.807) is 0 Å². The van der Waals surface area contributed by atoms with Gasteiger partial charge in [-0.3, -0.25) is 0 Å². The molecule has 0 atom stereocenters. The maximum Gasteiger partial charge on any atom is 0.123 e. The zero-order valence-electron chi connectivity index (χ0n) is 9.20. The normalized spacial score (nSPS) is 10.9. The highest BCUT2D eigenvalue weighted by Gasteiger charge is 2.05. The molecule has 0 aliphatic carbocycles. The first-order valence-corrected chi connectivity index (χ1v) is 5.92. The zero-order chi connectivity index (χ0) is 11.5. The molecule has 0 saturated carbocycles. The molecule has 0 fully saturated rings. The van der Waals surface area contributed by atoms with Crippen LogP contribution in [0.25, 0.3) is 11.0 Å². The van der Waals surface area contributed by atoms with Crippen molar-refractivity contribution in [3.63, 3.8) is 0 Å². The number of hydrogen-bond acceptors (Lipinski definition) is 2. The van der Waals surface area contributed by atoms with E-state index in [4.69, 9.17) is 0 Å². The number of halogens is 1. The average molecular weight is 280 g/mol. The van der Waals surface area contributed by atoms with E-state index in [1.807, 2.05) is 25.2 Å². The van der Waals surface area contributed by atoms with Crippen LogP contribution >= 0.6 is 15.9 Å². The van der Waals surface area contributed by atoms with Crippen molar-refractivity contribution in [3.05, 3.63) is 41.2 Å². The minimum atomic E-state index is 0.746. The largest absolute Gasteiger partial charge is 0.330 e. The molecule has 0 saturated heterocycles. The molecule has 2 aromatic rings. The lowest BCUT2D eigenvalue weighted by Gasteiger charge is -2.03. The van der Waals surface area contributed by atoms with Crippen molar-refractivity contribution in [2.75, 3.05) is 6.54 Å². The zero-order valence-corrected chi connectivity index (χ0v) is 10.8. The Labute approximate surface area is 103 Å². The van der Waals surface area contributed by atoms with Crippen molar-refractivity contribution in [3.8, 4) is 0 Å². The Morgan fingerprint density at radius 2 is 2.25 bits per heavy atom. The summed E-state index contributed by atoms with van der Waals surface area (Å²) in [6.07, 6.45) is 0. The van der Waals surface area contributed by atoms with E-state index in [0.29, 0.717) is 0 Å². The van der Waals surface area contributed by atoms with Gasteiger partial charge < -0.3 is 9.88 Å². The molecule has 0 bridgehead atoms. The molecular weight excluding hydrogens is 266 g/mol. The maximum atomic E-state index is 4.56. The Hall–Kier alpha value is -1.13. The molecule has 4 heteroatoms. The van der Waals surface area contributed by atoms with Crippen LogP contribution in [0.4, 0.5) is 0 Å². The van der Waals surface area contributed by atoms with Gasteiger partial charge in [0.2, 0.25) is 0 Å². The number of imidazole rings is 1. The van der Waals surface area contributed by atoms with Crippen molar-refractivity contribution in [2.24, 2.45) is 7.05 Å². The van der Waals surface area contributed by atoms with Gasteiger partial charge in [0.15, 0.2) is 0 Å². The number of aryl methyl sites for hydroxylation is 1. The van der Waals surface area contributed by atoms with Gasteiger partial charge in [-0.05, 0) is 12.1 Å². The second-order valence-corrected chi connectivity index (χ2v) is 4.82. The van der Waals surface area contributed by atoms with Gasteiger partial charge >= 0.3 is 0 Å². The Bertz CT molecular complexity index is 516. The number of para-hydroxylation sites is 2. The molecule has 1 aromatic heterocycles. The van der Waals surface area contributed by atoms with Gasteiger partial charge in [-0.2, -0.15) is 0 Å². The van der Waals surface area contributed by atoms with Gasteiger partial charge in [-0.15, -0.1) is 0 Å². The highest BCUT2D eigenvalue weighted by molar-refractivity contribution is 9.11. The Kier molecular flexibility index (Phi) is 3.41. The van der Waals surface area contributed by atoms with E-state index in [-0.39, 0.29) is 0 Å². The minimum Gasteiger partial charge on any atom is -0.330 e. The number of fused-ring (bicyclic) bond motifs is 1. The Morgan fingerprint density at radius 1 is 1.50 bits per heavy atom. The van der Waals surface area contributed by atoms with Crippen LogP contribution in [-0.2, 0) is 13.6 Å². The summed E-state index contributed by atoms with van der Waals surface area (Å²) >= 11 is 3.32. The molecule has 0 amide bonds. The van der Waals surface area contributed by atoms with Gasteiger partial charge in [-0.1, -0.05) is 34.6 Å². The summed E-state index contributed by atoms with van der Waals surface area (Å²) in [5.74, 6) is 1.04. The number of nitrogens with one attached hydrogen (secondary N) is 1. The molecule has 16 heavy (non-hydrogen) atoms. The molecule has 1 aromatic carbocycles. The Morgan fingerprint density at radius 3 is 2.94 bits per heavy atom. The quantitative estimate of drug-likeness (QED) is 0.932. The highest BCUT2D eigenvalue weighted by atomic mass is 79.9. The summed E-state index contributed by atoms with van der Waals surface area (Å²) in [7, 11) is 2.04. The number of hydrogen-bond donors (Lipinski definition) is 1. The second-order valence-electron chi connectivity index (χ2n) is 3.70. The minimum absolute atomic E-state index is 0.746. The predicted molar refractivity (Wildman–Crippen MR) is 70.5 cm³/mol. The predicted octanol–water partition coefficient (Wildman–Crippen LogP) is 2.57. The fourth-order valence-electron chi connectivity index (χ4n) is 1.66. The monoisotopic (exact) mass is 279 g/mol. The van der Waals surface area contributed by atoms with Crippen LogP contribution in [0.5, 0.6) is 0 Å². The standard InChI is InChI=1S/C12H14BrN3/c1-9(13)7-14-8-12-15-10-5-3-4-6-11(10)16(12)2/h3-6,14H,1,7-8H2,2H3. The fraction of sp³-hybridized carbons (Fsp3) is 0.250. The lowest BCUT2D eigenvalue weighted by molar-refractivity contribution is 0.685. The van der Waals surface area contributed by atoms with Crippen LogP contribution < -0.4 is 5.32 Å². The van der Waals surface area contributed by atoms with Crippen molar-refractivity contribution in [2.45, 2.75) is 6.54 Å². The molecule has 0 unspecified atom stereocenters. The lowest BCUT2D eigenvalue weighted by atomic mass is 10.3. The average Bonchev–Trinajstić information content (AvgIpc) is 2.56. The molecular formula is C12H14BrN3. The third-order valence-electron chi connectivity index (χ3n) is 2.48. The summed E-state index contributed by atoms with van der Waals surface area (Å²) in [5, 5.41) is 3.27. The van der Waals surface area contributed by atoms with Crippen LogP contribution in [0.3, 0.4) is 0 Å². The molecule has 2 rings (SSSR count). The van der Waals surface area contributed by atoms with Gasteiger partial charge in [-0.25, -0.2) is 4.98 Å². The molecule has 1 N–H and O–H groups in total. The number of rotatable bonds is 4. The first-order chi connectivity index (χ1) is 7.68. The Balaban J connectivity index is 2.18. The SMILES string of the molecule is C=C(Br)CNCc1nc2ccccc2n1C. The van der Waals surface area contributed by atoms with E-state index in [2.05, 4.69) is 43.4 Å². The van der Waals surface area contributed by atoms with Crippen molar-refractivity contribution >= 4 is 27.0 Å². The third kappa shape index (κ3) is 2.33. The lowest BCUT2D eigenvalue weighted by Crippen LogP contribution is -2.17. The molecule has 0 spiro atoms. The smallest absolute Gasteiger partial charge is 0.123 e. The van der Waals surface area contributed by atoms with Crippen LogP contribution in [0.2, 0.25) is 0 Å². The topological polar surface area (TPSA) is 29.9 Å². The maximum absolute atomic E-state index is 4.56. The molecule has 1 heterocycles. The van der Waals surface area contributed by atoms with E-state index in [0.717, 1.165) is 34.4 Å². The molecule has 3 nitrogen and oxygen atoms in total. The van der Waals surface area contributed by atoms with Crippen molar-refractivity contribution in [1.29, 1.82) is 0 Å². The van der Waals surface area contributed by atoms with Crippen LogP contribution in [0.15, 0.2) is 35.3 Å². The molecule has 0 aliphatic heterocycles. The summed E-state index contributed by atoms with van der Waals surface area (Å²) in [5.41, 5.74) is 2.21. The van der Waals surface area contributed by atoms with E-state index in [1.165, 1.54) is 0 Å². The molecule has 0 radical (unpaired) electrons. The van der Waals surface area contributed by atoms with E-state index >= 15 is 0 Å². The van der Waals surface area contributed by atoms with Gasteiger partial charge in [0.05, 0.1) is 17.6 Å². The van der Waals surface area contributed by atoms with E-state index in [9.17, 15) is 0 Å². The summed E-state index contributed by atoms with van der Waals surface area (Å²) in [6.45, 7) is 5.28. The highest BCUT2D eigenvalue weighted by Crippen LogP contribution is 2.13. The summed E-state index contributed by atoms with van der Waals surface area (Å²) in [6, 6.07) is 8.14. The van der Waals surface area contributed by atoms with Crippen molar-refractivity contribution in [1.82, 2.24) is 14.9 Å². The van der Waals surface area contributed by atoms with Crippen LogP contribution in [0, 0.1) is 0 Å².